The van der Waals surface area contributed by atoms with Gasteiger partial charge in [-0.05, 0) is 18.9 Å². The van der Waals surface area contributed by atoms with Crippen LogP contribution in [0.1, 0.15) is 12.8 Å². The highest BCUT2D eigenvalue weighted by atomic mass is 16.6. The maximum absolute atomic E-state index is 10.8. The predicted octanol–water partition coefficient (Wildman–Crippen LogP) is 2.45. The van der Waals surface area contributed by atoms with Crippen molar-refractivity contribution in [2.45, 2.75) is 12.8 Å². The molecule has 0 saturated carbocycles. The molecule has 1 unspecified atom stereocenters. The number of nitro groups is 1. The second kappa shape index (κ2) is 7.81. The van der Waals surface area contributed by atoms with Crippen molar-refractivity contribution < 1.29 is 14.4 Å². The molecule has 2 rings (SSSR count). The summed E-state index contributed by atoms with van der Waals surface area (Å²) in [6, 6.07) is 6.66. The molecule has 1 saturated heterocycles. The quantitative estimate of drug-likeness (QED) is 0.450. The molecule has 0 amide bonds. The van der Waals surface area contributed by atoms with Crippen molar-refractivity contribution in [3.63, 3.8) is 0 Å². The number of ether oxygens (including phenoxy) is 2. The molecule has 1 aliphatic rings. The monoisotopic (exact) mass is 280 g/mol. The number of hydrogen-bond acceptors (Lipinski definition) is 5. The standard InChI is InChI=1S/C14H20N2O4/c17-16(18)14-5-2-1-4-13(14)15-7-3-8-19-10-12-6-9-20-11-12/h1-2,4-5,12,15H,3,6-11H2. The van der Waals surface area contributed by atoms with E-state index in [0.29, 0.717) is 24.8 Å². The Hall–Kier alpha value is -1.66. The molecule has 1 fully saturated rings. The van der Waals surface area contributed by atoms with E-state index >= 15 is 0 Å². The first-order valence-electron chi connectivity index (χ1n) is 6.90. The van der Waals surface area contributed by atoms with Crippen LogP contribution in [0.15, 0.2) is 24.3 Å². The van der Waals surface area contributed by atoms with Crippen LogP contribution in [0.4, 0.5) is 11.4 Å². The van der Waals surface area contributed by atoms with Crippen LogP contribution in [0.5, 0.6) is 0 Å². The van der Waals surface area contributed by atoms with Crippen LogP contribution in [0.2, 0.25) is 0 Å². The lowest BCUT2D eigenvalue weighted by Crippen LogP contribution is -2.12. The Bertz CT molecular complexity index is 433. The largest absolute Gasteiger partial charge is 0.381 e. The van der Waals surface area contributed by atoms with Gasteiger partial charge in [0.25, 0.3) is 5.69 Å². The van der Waals surface area contributed by atoms with Crippen LogP contribution in [-0.2, 0) is 9.47 Å². The number of rotatable bonds is 8. The van der Waals surface area contributed by atoms with Crippen molar-refractivity contribution in [1.29, 1.82) is 0 Å². The van der Waals surface area contributed by atoms with Gasteiger partial charge in [-0.2, -0.15) is 0 Å². The van der Waals surface area contributed by atoms with Gasteiger partial charge in [-0.25, -0.2) is 0 Å². The summed E-state index contributed by atoms with van der Waals surface area (Å²) in [5, 5.41) is 13.9. The van der Waals surface area contributed by atoms with E-state index < -0.39 is 0 Å². The third kappa shape index (κ3) is 4.47. The number of nitrogens with zero attached hydrogens (tertiary/aromatic N) is 1. The van der Waals surface area contributed by atoms with E-state index in [9.17, 15) is 10.1 Å². The molecule has 0 radical (unpaired) electrons. The molecule has 20 heavy (non-hydrogen) atoms. The zero-order valence-electron chi connectivity index (χ0n) is 11.4. The van der Waals surface area contributed by atoms with Crippen LogP contribution >= 0.6 is 0 Å². The van der Waals surface area contributed by atoms with Gasteiger partial charge in [0, 0.05) is 31.7 Å². The number of anilines is 1. The number of nitrogens with one attached hydrogen (secondary N) is 1. The van der Waals surface area contributed by atoms with Gasteiger partial charge in [0.2, 0.25) is 0 Å². The zero-order valence-corrected chi connectivity index (χ0v) is 11.4. The number of benzene rings is 1. The van der Waals surface area contributed by atoms with E-state index in [4.69, 9.17) is 9.47 Å². The first-order valence-corrected chi connectivity index (χ1v) is 6.90. The van der Waals surface area contributed by atoms with Crippen LogP contribution in [0, 0.1) is 16.0 Å². The van der Waals surface area contributed by atoms with E-state index in [1.165, 1.54) is 6.07 Å². The van der Waals surface area contributed by atoms with Crippen LogP contribution < -0.4 is 5.32 Å². The molecule has 6 nitrogen and oxygen atoms in total. The molecule has 1 heterocycles. The zero-order chi connectivity index (χ0) is 14.2. The van der Waals surface area contributed by atoms with Crippen molar-refractivity contribution in [2.24, 2.45) is 5.92 Å². The second-order valence-corrected chi connectivity index (χ2v) is 4.86. The Labute approximate surface area is 118 Å². The molecule has 0 spiro atoms. The Morgan fingerprint density at radius 3 is 3.05 bits per heavy atom. The van der Waals surface area contributed by atoms with E-state index in [2.05, 4.69) is 5.32 Å². The average Bonchev–Trinajstić information content (AvgIpc) is 2.96. The van der Waals surface area contributed by atoms with Crippen molar-refractivity contribution in [3.8, 4) is 0 Å². The molecule has 1 atom stereocenters. The third-order valence-corrected chi connectivity index (χ3v) is 3.26. The lowest BCUT2D eigenvalue weighted by atomic mass is 10.1. The van der Waals surface area contributed by atoms with Crippen LogP contribution in [0.3, 0.4) is 0 Å². The van der Waals surface area contributed by atoms with Gasteiger partial charge >= 0.3 is 0 Å². The highest BCUT2D eigenvalue weighted by Gasteiger charge is 2.15. The highest BCUT2D eigenvalue weighted by molar-refractivity contribution is 5.60. The minimum atomic E-state index is -0.376. The van der Waals surface area contributed by atoms with Crippen molar-refractivity contribution >= 4 is 11.4 Å². The highest BCUT2D eigenvalue weighted by Crippen LogP contribution is 2.22. The topological polar surface area (TPSA) is 73.6 Å². The summed E-state index contributed by atoms with van der Waals surface area (Å²) >= 11 is 0. The van der Waals surface area contributed by atoms with Gasteiger partial charge in [-0.15, -0.1) is 0 Å². The molecule has 110 valence electrons. The fraction of sp³-hybridized carbons (Fsp3) is 0.571. The lowest BCUT2D eigenvalue weighted by Gasteiger charge is -2.09. The number of hydrogen-bond donors (Lipinski definition) is 1. The van der Waals surface area contributed by atoms with Crippen LogP contribution in [0.25, 0.3) is 0 Å². The fourth-order valence-electron chi connectivity index (χ4n) is 2.14. The maximum Gasteiger partial charge on any atom is 0.292 e. The van der Waals surface area contributed by atoms with E-state index in [1.54, 1.807) is 18.2 Å². The number of nitro benzene ring substituents is 1. The Morgan fingerprint density at radius 2 is 2.30 bits per heavy atom. The minimum Gasteiger partial charge on any atom is -0.381 e. The summed E-state index contributed by atoms with van der Waals surface area (Å²) in [5.74, 6) is 0.526. The Balaban J connectivity index is 1.62. The van der Waals surface area contributed by atoms with Crippen molar-refractivity contribution in [1.82, 2.24) is 0 Å². The minimum absolute atomic E-state index is 0.108. The van der Waals surface area contributed by atoms with E-state index in [1.807, 2.05) is 0 Å². The Kier molecular flexibility index (Phi) is 5.76. The first-order chi connectivity index (χ1) is 9.77. The SMILES string of the molecule is O=[N+]([O-])c1ccccc1NCCCOCC1CCOC1. The summed E-state index contributed by atoms with van der Waals surface area (Å²) in [4.78, 5) is 10.5. The molecule has 0 aliphatic carbocycles. The molecule has 1 aliphatic heterocycles. The van der Waals surface area contributed by atoms with Gasteiger partial charge in [0.15, 0.2) is 0 Å². The van der Waals surface area contributed by atoms with Crippen LogP contribution in [-0.4, -0.2) is 37.9 Å². The third-order valence-electron chi connectivity index (χ3n) is 3.26. The second-order valence-electron chi connectivity index (χ2n) is 4.86. The lowest BCUT2D eigenvalue weighted by molar-refractivity contribution is -0.384. The molecule has 0 bridgehead atoms. The first kappa shape index (κ1) is 14.7. The van der Waals surface area contributed by atoms with E-state index in [0.717, 1.165) is 32.7 Å². The summed E-state index contributed by atoms with van der Waals surface area (Å²) in [7, 11) is 0. The molecular formula is C14H20N2O4. The summed E-state index contributed by atoms with van der Waals surface area (Å²) in [6.07, 6.45) is 1.90. The van der Waals surface area contributed by atoms with Gasteiger partial charge in [0.1, 0.15) is 5.69 Å². The smallest absolute Gasteiger partial charge is 0.292 e. The van der Waals surface area contributed by atoms with Gasteiger partial charge < -0.3 is 14.8 Å². The van der Waals surface area contributed by atoms with Gasteiger partial charge in [-0.1, -0.05) is 12.1 Å². The fourth-order valence-corrected chi connectivity index (χ4v) is 2.14. The summed E-state index contributed by atoms with van der Waals surface area (Å²) in [5.41, 5.74) is 0.665. The predicted molar refractivity (Wildman–Crippen MR) is 75.9 cm³/mol. The van der Waals surface area contributed by atoms with E-state index in [-0.39, 0.29) is 10.6 Å². The average molecular weight is 280 g/mol. The molecule has 6 heteroatoms. The summed E-state index contributed by atoms with van der Waals surface area (Å²) in [6.45, 7) is 3.70. The molecule has 1 N–H and O–H groups in total. The molecule has 1 aromatic carbocycles. The molecule has 1 aromatic rings. The van der Waals surface area contributed by atoms with Gasteiger partial charge in [-0.3, -0.25) is 10.1 Å². The van der Waals surface area contributed by atoms with Crippen molar-refractivity contribution in [2.75, 3.05) is 38.3 Å². The normalized spacial score (nSPS) is 18.1. The molecule has 0 aromatic heterocycles. The molecular weight excluding hydrogens is 260 g/mol. The summed E-state index contributed by atoms with van der Waals surface area (Å²) < 4.78 is 10.9. The number of para-hydroxylation sites is 2. The van der Waals surface area contributed by atoms with Gasteiger partial charge in [0.05, 0.1) is 18.1 Å². The maximum atomic E-state index is 10.8. The Morgan fingerprint density at radius 1 is 1.45 bits per heavy atom. The van der Waals surface area contributed by atoms with Crippen molar-refractivity contribution in [3.05, 3.63) is 34.4 Å².